The molecule has 2 heterocycles. The molecule has 0 unspecified atom stereocenters. The first-order valence-corrected chi connectivity index (χ1v) is 11.9. The van der Waals surface area contributed by atoms with Gasteiger partial charge in [0.2, 0.25) is 0 Å². The quantitative estimate of drug-likeness (QED) is 0.472. The standard InChI is InChI=1S/C21H18N4O2S2/c1-28-16-5-3-4-14(10-16)17-11-15(12-18-21(17)24-9-8-23-18)25-19-13-22-7-6-20(19)29(2,26)27/h3-13,25H,1-2H3. The zero-order valence-electron chi connectivity index (χ0n) is 15.8. The van der Waals surface area contributed by atoms with E-state index in [1.807, 2.05) is 30.5 Å². The van der Waals surface area contributed by atoms with E-state index < -0.39 is 9.84 Å². The van der Waals surface area contributed by atoms with Crippen molar-refractivity contribution in [3.05, 3.63) is 67.3 Å². The van der Waals surface area contributed by atoms with E-state index in [4.69, 9.17) is 0 Å². The van der Waals surface area contributed by atoms with Crippen molar-refractivity contribution in [1.29, 1.82) is 0 Å². The summed E-state index contributed by atoms with van der Waals surface area (Å²) in [7, 11) is -3.40. The minimum absolute atomic E-state index is 0.192. The van der Waals surface area contributed by atoms with Crippen LogP contribution in [0.2, 0.25) is 0 Å². The first kappa shape index (κ1) is 19.4. The summed E-state index contributed by atoms with van der Waals surface area (Å²) in [6.07, 6.45) is 9.49. The molecule has 0 atom stereocenters. The molecule has 0 aliphatic carbocycles. The Morgan fingerprint density at radius 1 is 1.00 bits per heavy atom. The molecular formula is C21H18N4O2S2. The SMILES string of the molecule is CSc1cccc(-c2cc(Nc3cnccc3S(C)(=O)=O)cc3nccnc23)c1. The van der Waals surface area contributed by atoms with Crippen molar-refractivity contribution in [1.82, 2.24) is 15.0 Å². The van der Waals surface area contributed by atoms with Crippen LogP contribution in [0.5, 0.6) is 0 Å². The molecule has 0 amide bonds. The number of fused-ring (bicyclic) bond motifs is 1. The van der Waals surface area contributed by atoms with Gasteiger partial charge >= 0.3 is 0 Å². The molecule has 29 heavy (non-hydrogen) atoms. The third-order valence-corrected chi connectivity index (χ3v) is 6.29. The molecule has 6 nitrogen and oxygen atoms in total. The number of sulfone groups is 1. The van der Waals surface area contributed by atoms with Crippen molar-refractivity contribution in [3.63, 3.8) is 0 Å². The van der Waals surface area contributed by atoms with E-state index in [0.717, 1.165) is 21.5 Å². The summed E-state index contributed by atoms with van der Waals surface area (Å²) in [6.45, 7) is 0. The second-order valence-corrected chi connectivity index (χ2v) is 9.31. The summed E-state index contributed by atoms with van der Waals surface area (Å²) < 4.78 is 24.2. The van der Waals surface area contributed by atoms with E-state index in [-0.39, 0.29) is 4.90 Å². The fourth-order valence-corrected chi connectivity index (χ4v) is 4.38. The lowest BCUT2D eigenvalue weighted by molar-refractivity contribution is 0.602. The van der Waals surface area contributed by atoms with Gasteiger partial charge in [-0.25, -0.2) is 8.42 Å². The fraction of sp³-hybridized carbons (Fsp3) is 0.0952. The summed E-state index contributed by atoms with van der Waals surface area (Å²) in [5.41, 5.74) is 4.56. The summed E-state index contributed by atoms with van der Waals surface area (Å²) in [6, 6.07) is 13.5. The molecule has 4 aromatic rings. The Balaban J connectivity index is 1.88. The van der Waals surface area contributed by atoms with Crippen molar-refractivity contribution < 1.29 is 8.42 Å². The molecule has 0 saturated heterocycles. The average Bonchev–Trinajstić information content (AvgIpc) is 2.73. The Hall–Kier alpha value is -2.97. The Labute approximate surface area is 173 Å². The zero-order valence-corrected chi connectivity index (χ0v) is 17.5. The number of nitrogens with zero attached hydrogens (tertiary/aromatic N) is 3. The number of pyridine rings is 1. The van der Waals surface area contributed by atoms with Crippen LogP contribution in [0, 0.1) is 0 Å². The highest BCUT2D eigenvalue weighted by Gasteiger charge is 2.15. The Morgan fingerprint density at radius 2 is 1.83 bits per heavy atom. The molecule has 0 spiro atoms. The van der Waals surface area contributed by atoms with Gasteiger partial charge in [-0.3, -0.25) is 15.0 Å². The van der Waals surface area contributed by atoms with Crippen LogP contribution in [-0.2, 0) is 9.84 Å². The molecule has 0 radical (unpaired) electrons. The number of aromatic nitrogens is 3. The summed E-state index contributed by atoms with van der Waals surface area (Å²) in [5.74, 6) is 0. The van der Waals surface area contributed by atoms with Crippen LogP contribution in [0.25, 0.3) is 22.2 Å². The average molecular weight is 423 g/mol. The van der Waals surface area contributed by atoms with Crippen LogP contribution >= 0.6 is 11.8 Å². The number of thioether (sulfide) groups is 1. The van der Waals surface area contributed by atoms with E-state index in [9.17, 15) is 8.42 Å². The molecule has 146 valence electrons. The van der Waals surface area contributed by atoms with Crippen LogP contribution in [-0.4, -0.2) is 35.9 Å². The molecule has 0 aliphatic heterocycles. The molecule has 0 bridgehead atoms. The van der Waals surface area contributed by atoms with Gasteiger partial charge in [0.25, 0.3) is 0 Å². The molecule has 4 rings (SSSR count). The summed E-state index contributed by atoms with van der Waals surface area (Å²) in [4.78, 5) is 14.4. The van der Waals surface area contributed by atoms with E-state index >= 15 is 0 Å². The number of hydrogen-bond acceptors (Lipinski definition) is 7. The topological polar surface area (TPSA) is 84.8 Å². The second kappa shape index (κ2) is 7.81. The normalized spacial score (nSPS) is 11.5. The van der Waals surface area contributed by atoms with Gasteiger partial charge in [-0.05, 0) is 42.2 Å². The smallest absolute Gasteiger partial charge is 0.177 e. The van der Waals surface area contributed by atoms with Gasteiger partial charge in [-0.15, -0.1) is 11.8 Å². The van der Waals surface area contributed by atoms with Crippen LogP contribution in [0.15, 0.2) is 77.0 Å². The van der Waals surface area contributed by atoms with Crippen molar-refractivity contribution in [3.8, 4) is 11.1 Å². The molecule has 0 fully saturated rings. The first-order chi connectivity index (χ1) is 14.0. The Bertz CT molecular complexity index is 1310. The first-order valence-electron chi connectivity index (χ1n) is 8.76. The lowest BCUT2D eigenvalue weighted by Crippen LogP contribution is -2.03. The summed E-state index contributed by atoms with van der Waals surface area (Å²) in [5, 5.41) is 3.20. The van der Waals surface area contributed by atoms with Gasteiger partial charge in [0.15, 0.2) is 9.84 Å². The lowest BCUT2D eigenvalue weighted by Gasteiger charge is -2.13. The minimum Gasteiger partial charge on any atom is -0.353 e. The highest BCUT2D eigenvalue weighted by molar-refractivity contribution is 7.98. The zero-order chi connectivity index (χ0) is 20.4. The number of hydrogen-bond donors (Lipinski definition) is 1. The van der Waals surface area contributed by atoms with E-state index in [2.05, 4.69) is 32.4 Å². The van der Waals surface area contributed by atoms with Crippen LogP contribution in [0.4, 0.5) is 11.4 Å². The number of benzene rings is 2. The molecule has 2 aromatic heterocycles. The predicted octanol–water partition coefficient (Wildman–Crippen LogP) is 4.56. The highest BCUT2D eigenvalue weighted by atomic mass is 32.2. The van der Waals surface area contributed by atoms with Crippen molar-refractivity contribution >= 4 is 44.0 Å². The maximum Gasteiger partial charge on any atom is 0.177 e. The van der Waals surface area contributed by atoms with Gasteiger partial charge < -0.3 is 5.32 Å². The predicted molar refractivity (Wildman–Crippen MR) is 117 cm³/mol. The van der Waals surface area contributed by atoms with Crippen LogP contribution in [0.3, 0.4) is 0 Å². The highest BCUT2D eigenvalue weighted by Crippen LogP contribution is 2.33. The van der Waals surface area contributed by atoms with Gasteiger partial charge in [0, 0.05) is 41.0 Å². The van der Waals surface area contributed by atoms with Crippen LogP contribution in [0.1, 0.15) is 0 Å². The van der Waals surface area contributed by atoms with E-state index in [0.29, 0.717) is 16.9 Å². The largest absolute Gasteiger partial charge is 0.353 e. The maximum absolute atomic E-state index is 12.1. The van der Waals surface area contributed by atoms with Crippen LogP contribution < -0.4 is 5.32 Å². The fourth-order valence-electron chi connectivity index (χ4n) is 3.11. The monoisotopic (exact) mass is 422 g/mol. The molecular weight excluding hydrogens is 404 g/mol. The van der Waals surface area contributed by atoms with Crippen molar-refractivity contribution in [2.24, 2.45) is 0 Å². The molecule has 2 aromatic carbocycles. The minimum atomic E-state index is -3.40. The van der Waals surface area contributed by atoms with Gasteiger partial charge in [0.1, 0.15) is 0 Å². The van der Waals surface area contributed by atoms with Gasteiger partial charge in [-0.1, -0.05) is 12.1 Å². The molecule has 0 saturated carbocycles. The van der Waals surface area contributed by atoms with E-state index in [1.54, 1.807) is 24.2 Å². The number of rotatable bonds is 5. The maximum atomic E-state index is 12.1. The number of nitrogens with one attached hydrogen (secondary N) is 1. The van der Waals surface area contributed by atoms with Crippen molar-refractivity contribution in [2.75, 3.05) is 17.8 Å². The molecule has 1 N–H and O–H groups in total. The molecule has 8 heteroatoms. The second-order valence-electron chi connectivity index (χ2n) is 6.45. The molecule has 0 aliphatic rings. The van der Waals surface area contributed by atoms with Crippen molar-refractivity contribution in [2.45, 2.75) is 9.79 Å². The third-order valence-electron chi connectivity index (χ3n) is 4.41. The van der Waals surface area contributed by atoms with E-state index in [1.165, 1.54) is 24.7 Å². The third kappa shape index (κ3) is 4.08. The Morgan fingerprint density at radius 3 is 2.62 bits per heavy atom. The Kier molecular flexibility index (Phi) is 5.21. The summed E-state index contributed by atoms with van der Waals surface area (Å²) >= 11 is 1.67. The van der Waals surface area contributed by atoms with Gasteiger partial charge in [0.05, 0.1) is 27.8 Å². The van der Waals surface area contributed by atoms with Gasteiger partial charge in [-0.2, -0.15) is 0 Å². The lowest BCUT2D eigenvalue weighted by atomic mass is 10.0. The number of anilines is 2.